The van der Waals surface area contributed by atoms with Crippen LogP contribution in [0, 0.1) is 0 Å². The average molecular weight is 260 g/mol. The number of aliphatic hydroxyl groups excluding tert-OH is 1. The summed E-state index contributed by atoms with van der Waals surface area (Å²) in [5, 5.41) is 20.7. The van der Waals surface area contributed by atoms with Gasteiger partial charge in [0.05, 0.1) is 0 Å². The highest BCUT2D eigenvalue weighted by Gasteiger charge is 2.28. The van der Waals surface area contributed by atoms with Crippen LogP contribution in [0.4, 0.5) is 0 Å². The van der Waals surface area contributed by atoms with Gasteiger partial charge in [0.1, 0.15) is 0 Å². The van der Waals surface area contributed by atoms with Gasteiger partial charge in [0.15, 0.2) is 5.85 Å². The normalized spacial score (nSPS) is 12.3. The van der Waals surface area contributed by atoms with Crippen molar-refractivity contribution in [3.05, 3.63) is 60.7 Å². The lowest BCUT2D eigenvalue weighted by Crippen LogP contribution is -2.27. The van der Waals surface area contributed by atoms with Gasteiger partial charge in [-0.3, -0.25) is 0 Å². The second kappa shape index (κ2) is 5.76. The molecule has 2 N–H and O–H groups in total. The summed E-state index contributed by atoms with van der Waals surface area (Å²) in [5.41, 5.74) is 0. The van der Waals surface area contributed by atoms with E-state index in [1.807, 2.05) is 60.7 Å². The van der Waals surface area contributed by atoms with Crippen LogP contribution in [0.3, 0.4) is 0 Å². The van der Waals surface area contributed by atoms with E-state index in [4.69, 9.17) is 5.11 Å². The zero-order valence-electron chi connectivity index (χ0n) is 9.60. The van der Waals surface area contributed by atoms with Gasteiger partial charge in [-0.2, -0.15) is 0 Å². The molecule has 0 fully saturated rings. The Morgan fingerprint density at radius 1 is 0.889 bits per heavy atom. The van der Waals surface area contributed by atoms with Crippen molar-refractivity contribution in [1.29, 1.82) is 0 Å². The Morgan fingerprint density at radius 3 is 1.61 bits per heavy atom. The molecule has 92 valence electrons. The van der Waals surface area contributed by atoms with Crippen LogP contribution in [0.15, 0.2) is 60.7 Å². The Kier molecular flexibility index (Phi) is 4.08. The molecule has 0 radical (unpaired) electrons. The summed E-state index contributed by atoms with van der Waals surface area (Å²) in [6.07, 6.45) is 0. The van der Waals surface area contributed by atoms with E-state index in [1.54, 1.807) is 0 Å². The van der Waals surface area contributed by atoms with E-state index in [1.165, 1.54) is 0 Å². The third kappa shape index (κ3) is 2.76. The lowest BCUT2D eigenvalue weighted by atomic mass is 10.4. The summed E-state index contributed by atoms with van der Waals surface area (Å²) in [7, 11) is -1.30. The molecule has 4 heteroatoms. The molecule has 2 aromatic rings. The molecule has 0 saturated heterocycles. The van der Waals surface area contributed by atoms with Crippen molar-refractivity contribution in [1.82, 2.24) is 0 Å². The minimum atomic E-state index is -1.38. The summed E-state index contributed by atoms with van der Waals surface area (Å²) < 4.78 is 0. The van der Waals surface area contributed by atoms with Gasteiger partial charge in [-0.25, -0.2) is 4.79 Å². The number of carbonyl (C=O) groups is 1. The Hall–Kier alpha value is -1.70. The first-order valence-corrected chi connectivity index (χ1v) is 6.91. The van der Waals surface area contributed by atoms with Crippen molar-refractivity contribution in [2.45, 2.75) is 5.85 Å². The highest BCUT2D eigenvalue weighted by molar-refractivity contribution is 7.74. The van der Waals surface area contributed by atoms with E-state index in [0.29, 0.717) is 0 Å². The van der Waals surface area contributed by atoms with Gasteiger partial charge in [-0.15, -0.1) is 0 Å². The first kappa shape index (κ1) is 12.7. The van der Waals surface area contributed by atoms with E-state index in [0.717, 1.165) is 10.6 Å². The van der Waals surface area contributed by atoms with Crippen molar-refractivity contribution >= 4 is 24.5 Å². The van der Waals surface area contributed by atoms with Crippen LogP contribution in [-0.2, 0) is 4.79 Å². The fourth-order valence-electron chi connectivity index (χ4n) is 1.72. The summed E-state index contributed by atoms with van der Waals surface area (Å²) in [6, 6.07) is 18.5. The maximum absolute atomic E-state index is 11.1. The van der Waals surface area contributed by atoms with Crippen LogP contribution in [-0.4, -0.2) is 22.0 Å². The zero-order chi connectivity index (χ0) is 13.0. The molecule has 1 atom stereocenters. The molecule has 0 saturated carbocycles. The van der Waals surface area contributed by atoms with Gasteiger partial charge >= 0.3 is 5.97 Å². The van der Waals surface area contributed by atoms with Gasteiger partial charge in [0, 0.05) is 0 Å². The molecule has 0 bridgehead atoms. The van der Waals surface area contributed by atoms with Gasteiger partial charge in [-0.05, 0) is 18.5 Å². The van der Waals surface area contributed by atoms with Crippen molar-refractivity contribution in [2.75, 3.05) is 0 Å². The molecular formula is C14H13O3P. The Morgan fingerprint density at radius 2 is 1.28 bits per heavy atom. The molecule has 3 nitrogen and oxygen atoms in total. The van der Waals surface area contributed by atoms with Gasteiger partial charge in [0.25, 0.3) is 0 Å². The molecule has 2 rings (SSSR count). The summed E-state index contributed by atoms with van der Waals surface area (Å²) in [6.45, 7) is 0. The highest BCUT2D eigenvalue weighted by Crippen LogP contribution is 2.37. The second-order valence-corrected chi connectivity index (χ2v) is 6.01. The van der Waals surface area contributed by atoms with Crippen molar-refractivity contribution in [3.8, 4) is 0 Å². The van der Waals surface area contributed by atoms with Crippen LogP contribution in [0.2, 0.25) is 0 Å². The monoisotopic (exact) mass is 260 g/mol. The van der Waals surface area contributed by atoms with Gasteiger partial charge in [0.2, 0.25) is 0 Å². The SMILES string of the molecule is O=C(O)C(O)P(c1ccccc1)c1ccccc1. The van der Waals surface area contributed by atoms with Crippen LogP contribution < -0.4 is 10.6 Å². The first-order chi connectivity index (χ1) is 8.70. The molecule has 0 amide bonds. The van der Waals surface area contributed by atoms with Gasteiger partial charge < -0.3 is 10.2 Å². The van der Waals surface area contributed by atoms with E-state index in [9.17, 15) is 9.90 Å². The number of hydrogen-bond acceptors (Lipinski definition) is 2. The predicted molar refractivity (Wildman–Crippen MR) is 72.7 cm³/mol. The minimum Gasteiger partial charge on any atom is -0.479 e. The lowest BCUT2D eigenvalue weighted by Gasteiger charge is -2.21. The van der Waals surface area contributed by atoms with Crippen LogP contribution in [0.5, 0.6) is 0 Å². The molecule has 2 aromatic carbocycles. The molecule has 0 heterocycles. The summed E-state index contributed by atoms with van der Waals surface area (Å²) >= 11 is 0. The van der Waals surface area contributed by atoms with E-state index < -0.39 is 19.7 Å². The Labute approximate surface area is 106 Å². The third-order valence-corrected chi connectivity index (χ3v) is 4.95. The number of aliphatic carboxylic acids is 1. The van der Waals surface area contributed by atoms with Crippen molar-refractivity contribution < 1.29 is 15.0 Å². The van der Waals surface area contributed by atoms with Crippen LogP contribution >= 0.6 is 7.92 Å². The smallest absolute Gasteiger partial charge is 0.337 e. The quantitative estimate of drug-likeness (QED) is 0.819. The number of carboxylic acids is 1. The van der Waals surface area contributed by atoms with Crippen molar-refractivity contribution in [3.63, 3.8) is 0 Å². The fraction of sp³-hybridized carbons (Fsp3) is 0.0714. The van der Waals surface area contributed by atoms with Crippen molar-refractivity contribution in [2.24, 2.45) is 0 Å². The lowest BCUT2D eigenvalue weighted by molar-refractivity contribution is -0.142. The summed E-state index contributed by atoms with van der Waals surface area (Å²) in [5.74, 6) is -2.57. The zero-order valence-corrected chi connectivity index (χ0v) is 10.5. The standard InChI is InChI=1S/C14H13O3P/c15-13(16)14(17)18(11-7-3-1-4-8-11)12-9-5-2-6-10-12/h1-10,14,17H,(H,15,16). The molecule has 18 heavy (non-hydrogen) atoms. The number of aliphatic hydroxyl groups is 1. The number of rotatable bonds is 4. The van der Waals surface area contributed by atoms with Crippen LogP contribution in [0.1, 0.15) is 0 Å². The van der Waals surface area contributed by atoms with E-state index in [-0.39, 0.29) is 0 Å². The first-order valence-electron chi connectivity index (χ1n) is 5.50. The molecule has 0 aliphatic heterocycles. The highest BCUT2D eigenvalue weighted by atomic mass is 31.1. The average Bonchev–Trinajstić information content (AvgIpc) is 2.41. The summed E-state index contributed by atoms with van der Waals surface area (Å²) in [4.78, 5) is 11.1. The Balaban J connectivity index is 2.45. The number of hydrogen-bond donors (Lipinski definition) is 2. The maximum atomic E-state index is 11.1. The van der Waals surface area contributed by atoms with E-state index >= 15 is 0 Å². The molecule has 0 aliphatic rings. The predicted octanol–water partition coefficient (Wildman–Crippen LogP) is 1.52. The second-order valence-electron chi connectivity index (χ2n) is 3.75. The molecule has 1 unspecified atom stereocenters. The fourth-order valence-corrected chi connectivity index (χ4v) is 3.79. The van der Waals surface area contributed by atoms with E-state index in [2.05, 4.69) is 0 Å². The molecule has 0 aliphatic carbocycles. The molecule has 0 aromatic heterocycles. The molecule has 0 spiro atoms. The topological polar surface area (TPSA) is 57.5 Å². The third-order valence-electron chi connectivity index (χ3n) is 2.53. The van der Waals surface area contributed by atoms with Gasteiger partial charge in [-0.1, -0.05) is 60.7 Å². The number of benzene rings is 2. The minimum absolute atomic E-state index is 0.855. The molecular weight excluding hydrogens is 247 g/mol. The number of carboxylic acid groups (broad SMARTS) is 1. The largest absolute Gasteiger partial charge is 0.479 e. The van der Waals surface area contributed by atoms with Crippen LogP contribution in [0.25, 0.3) is 0 Å². The Bertz CT molecular complexity index is 474. The maximum Gasteiger partial charge on any atom is 0.337 e.